The first-order valence-electron chi connectivity index (χ1n) is 8.19. The van der Waals surface area contributed by atoms with Crippen LogP contribution < -0.4 is 5.73 Å². The van der Waals surface area contributed by atoms with E-state index in [9.17, 15) is 13.6 Å². The van der Waals surface area contributed by atoms with Crippen molar-refractivity contribution >= 4 is 5.91 Å². The summed E-state index contributed by atoms with van der Waals surface area (Å²) < 4.78 is 32.1. The van der Waals surface area contributed by atoms with E-state index in [1.807, 2.05) is 30.3 Å². The number of hydrogen-bond donors (Lipinski definition) is 1. The molecule has 132 valence electrons. The van der Waals surface area contributed by atoms with Crippen LogP contribution in [0.2, 0.25) is 0 Å². The molecule has 1 unspecified atom stereocenters. The zero-order valence-electron chi connectivity index (χ0n) is 13.7. The van der Waals surface area contributed by atoms with Crippen LogP contribution in [-0.2, 0) is 16.0 Å². The van der Waals surface area contributed by atoms with Crippen LogP contribution in [0.3, 0.4) is 0 Å². The van der Waals surface area contributed by atoms with Gasteiger partial charge in [0.2, 0.25) is 5.91 Å². The molecule has 2 atom stereocenters. The summed E-state index contributed by atoms with van der Waals surface area (Å²) in [6, 6.07) is 12.6. The highest BCUT2D eigenvalue weighted by atomic mass is 19.2. The van der Waals surface area contributed by atoms with Gasteiger partial charge >= 0.3 is 0 Å². The summed E-state index contributed by atoms with van der Waals surface area (Å²) >= 11 is 0. The number of carbonyl (C=O) groups excluding carboxylic acids is 1. The third kappa shape index (κ3) is 4.21. The van der Waals surface area contributed by atoms with Crippen molar-refractivity contribution in [3.8, 4) is 0 Å². The number of morpholine rings is 1. The van der Waals surface area contributed by atoms with Crippen molar-refractivity contribution in [3.05, 3.63) is 71.3 Å². The highest BCUT2D eigenvalue weighted by Gasteiger charge is 2.29. The van der Waals surface area contributed by atoms with Gasteiger partial charge in [0.1, 0.15) is 6.10 Å². The van der Waals surface area contributed by atoms with Gasteiger partial charge in [-0.2, -0.15) is 0 Å². The minimum absolute atomic E-state index is 0.167. The van der Waals surface area contributed by atoms with E-state index in [0.717, 1.165) is 17.7 Å². The molecule has 25 heavy (non-hydrogen) atoms. The number of nitrogens with zero attached hydrogens (tertiary/aromatic N) is 1. The van der Waals surface area contributed by atoms with Gasteiger partial charge in [0.15, 0.2) is 11.6 Å². The highest BCUT2D eigenvalue weighted by molar-refractivity contribution is 5.82. The zero-order valence-corrected chi connectivity index (χ0v) is 13.7. The molecule has 0 radical (unpaired) electrons. The SMILES string of the molecule is N[C@@H](Cc1ccccc1)C(=O)N1CCOC(c2ccc(F)c(F)c2)C1. The maximum Gasteiger partial charge on any atom is 0.240 e. The first-order valence-corrected chi connectivity index (χ1v) is 8.19. The second-order valence-corrected chi connectivity index (χ2v) is 6.11. The van der Waals surface area contributed by atoms with Crippen molar-refractivity contribution in [2.24, 2.45) is 5.73 Å². The second kappa shape index (κ2) is 7.72. The lowest BCUT2D eigenvalue weighted by molar-refractivity contribution is -0.140. The summed E-state index contributed by atoms with van der Waals surface area (Å²) in [5, 5.41) is 0. The molecule has 1 fully saturated rings. The summed E-state index contributed by atoms with van der Waals surface area (Å²) in [5.41, 5.74) is 7.57. The molecule has 6 heteroatoms. The van der Waals surface area contributed by atoms with E-state index in [2.05, 4.69) is 0 Å². The number of rotatable bonds is 4. The normalized spacial score (nSPS) is 18.8. The minimum atomic E-state index is -0.926. The topological polar surface area (TPSA) is 55.6 Å². The molecular formula is C19H20F2N2O2. The molecular weight excluding hydrogens is 326 g/mol. The monoisotopic (exact) mass is 346 g/mol. The third-order valence-corrected chi connectivity index (χ3v) is 4.31. The van der Waals surface area contributed by atoms with E-state index in [1.54, 1.807) is 4.90 Å². The quantitative estimate of drug-likeness (QED) is 0.925. The first kappa shape index (κ1) is 17.5. The lowest BCUT2D eigenvalue weighted by atomic mass is 10.0. The fourth-order valence-corrected chi connectivity index (χ4v) is 2.95. The Morgan fingerprint density at radius 2 is 1.96 bits per heavy atom. The highest BCUT2D eigenvalue weighted by Crippen LogP contribution is 2.24. The maximum atomic E-state index is 13.4. The van der Waals surface area contributed by atoms with Gasteiger partial charge < -0.3 is 15.4 Å². The van der Waals surface area contributed by atoms with Crippen LogP contribution in [0.4, 0.5) is 8.78 Å². The Kier molecular flexibility index (Phi) is 5.40. The fourth-order valence-electron chi connectivity index (χ4n) is 2.95. The van der Waals surface area contributed by atoms with Crippen LogP contribution in [0, 0.1) is 11.6 Å². The van der Waals surface area contributed by atoms with E-state index in [0.29, 0.717) is 25.1 Å². The molecule has 1 aliphatic rings. The number of amides is 1. The van der Waals surface area contributed by atoms with E-state index in [1.165, 1.54) is 6.07 Å². The van der Waals surface area contributed by atoms with Crippen LogP contribution in [0.5, 0.6) is 0 Å². The van der Waals surface area contributed by atoms with E-state index < -0.39 is 23.8 Å². The fraction of sp³-hybridized carbons (Fsp3) is 0.316. The molecule has 1 heterocycles. The Labute approximate surface area is 145 Å². The van der Waals surface area contributed by atoms with Crippen LogP contribution in [0.1, 0.15) is 17.2 Å². The average Bonchev–Trinajstić information content (AvgIpc) is 2.64. The molecule has 0 aromatic heterocycles. The number of halogens is 2. The summed E-state index contributed by atoms with van der Waals surface area (Å²) in [7, 11) is 0. The molecule has 2 aromatic carbocycles. The first-order chi connectivity index (χ1) is 12.0. The molecule has 1 amide bonds. The van der Waals surface area contributed by atoms with Crippen molar-refractivity contribution in [2.45, 2.75) is 18.6 Å². The predicted octanol–water partition coefficient (Wildman–Crippen LogP) is 2.43. The molecule has 3 rings (SSSR count). The molecule has 0 bridgehead atoms. The van der Waals surface area contributed by atoms with Gasteiger partial charge in [-0.25, -0.2) is 8.78 Å². The molecule has 0 saturated carbocycles. The summed E-state index contributed by atoms with van der Waals surface area (Å²) in [6.07, 6.45) is -0.0379. The minimum Gasteiger partial charge on any atom is -0.370 e. The molecule has 1 saturated heterocycles. The zero-order chi connectivity index (χ0) is 17.8. The second-order valence-electron chi connectivity index (χ2n) is 6.11. The molecule has 0 spiro atoms. The van der Waals surface area contributed by atoms with Crippen LogP contribution in [0.25, 0.3) is 0 Å². The summed E-state index contributed by atoms with van der Waals surface area (Å²) in [4.78, 5) is 14.2. The van der Waals surface area contributed by atoms with Crippen molar-refractivity contribution < 1.29 is 18.3 Å². The Balaban J connectivity index is 1.65. The van der Waals surface area contributed by atoms with E-state index in [-0.39, 0.29) is 12.5 Å². The lowest BCUT2D eigenvalue weighted by Gasteiger charge is -2.34. The smallest absolute Gasteiger partial charge is 0.240 e. The van der Waals surface area contributed by atoms with Crippen LogP contribution >= 0.6 is 0 Å². The van der Waals surface area contributed by atoms with E-state index in [4.69, 9.17) is 10.5 Å². The van der Waals surface area contributed by atoms with Gasteiger partial charge in [-0.05, 0) is 29.7 Å². The number of benzene rings is 2. The standard InChI is InChI=1S/C19H20F2N2O2/c20-15-7-6-14(11-16(15)21)18-12-23(8-9-25-18)19(24)17(22)10-13-4-2-1-3-5-13/h1-7,11,17-18H,8-10,12,22H2/t17-,18?/m0/s1. The van der Waals surface area contributed by atoms with Crippen LogP contribution in [0.15, 0.2) is 48.5 Å². The van der Waals surface area contributed by atoms with Crippen molar-refractivity contribution in [1.82, 2.24) is 4.90 Å². The summed E-state index contributed by atoms with van der Waals surface area (Å²) in [5.74, 6) is -2.00. The van der Waals surface area contributed by atoms with Gasteiger partial charge in [-0.3, -0.25) is 4.79 Å². The number of ether oxygens (including phenoxy) is 1. The van der Waals surface area contributed by atoms with Gasteiger partial charge in [0.05, 0.1) is 19.2 Å². The largest absolute Gasteiger partial charge is 0.370 e. The van der Waals surface area contributed by atoms with E-state index >= 15 is 0 Å². The average molecular weight is 346 g/mol. The molecule has 0 aliphatic carbocycles. The Morgan fingerprint density at radius 1 is 1.20 bits per heavy atom. The van der Waals surface area contributed by atoms with Crippen molar-refractivity contribution in [1.29, 1.82) is 0 Å². The number of nitrogens with two attached hydrogens (primary N) is 1. The molecule has 1 aliphatic heterocycles. The number of hydrogen-bond acceptors (Lipinski definition) is 3. The molecule has 2 aromatic rings. The number of carbonyl (C=O) groups is 1. The lowest BCUT2D eigenvalue weighted by Crippen LogP contribution is -2.50. The summed E-state index contributed by atoms with van der Waals surface area (Å²) in [6.45, 7) is 1.03. The van der Waals surface area contributed by atoms with Gasteiger partial charge in [0, 0.05) is 6.54 Å². The van der Waals surface area contributed by atoms with Crippen molar-refractivity contribution in [2.75, 3.05) is 19.7 Å². The predicted molar refractivity (Wildman–Crippen MR) is 89.8 cm³/mol. The maximum absolute atomic E-state index is 13.4. The van der Waals surface area contributed by atoms with Gasteiger partial charge in [-0.15, -0.1) is 0 Å². The Bertz CT molecular complexity index is 739. The van der Waals surface area contributed by atoms with Crippen molar-refractivity contribution in [3.63, 3.8) is 0 Å². The molecule has 4 nitrogen and oxygen atoms in total. The third-order valence-electron chi connectivity index (χ3n) is 4.31. The Morgan fingerprint density at radius 3 is 2.68 bits per heavy atom. The Hall–Kier alpha value is -2.31. The van der Waals surface area contributed by atoms with Gasteiger partial charge in [-0.1, -0.05) is 36.4 Å². The van der Waals surface area contributed by atoms with Crippen LogP contribution in [-0.4, -0.2) is 36.5 Å². The molecule has 2 N–H and O–H groups in total. The van der Waals surface area contributed by atoms with Gasteiger partial charge in [0.25, 0.3) is 0 Å².